The van der Waals surface area contributed by atoms with Crippen molar-refractivity contribution in [1.29, 1.82) is 0 Å². The van der Waals surface area contributed by atoms with Gasteiger partial charge in [0, 0.05) is 37.2 Å². The predicted octanol–water partition coefficient (Wildman–Crippen LogP) is 2.55. The smallest absolute Gasteiger partial charge is 0.270 e. The zero-order chi connectivity index (χ0) is 17.5. The first-order chi connectivity index (χ1) is 12.2. The van der Waals surface area contributed by atoms with E-state index in [2.05, 4.69) is 25.6 Å². The molecule has 126 valence electrons. The Morgan fingerprint density at radius 3 is 2.60 bits per heavy atom. The van der Waals surface area contributed by atoms with Crippen LogP contribution in [0.2, 0.25) is 0 Å². The molecule has 0 aliphatic heterocycles. The van der Waals surface area contributed by atoms with Crippen LogP contribution in [0.25, 0.3) is 0 Å². The van der Waals surface area contributed by atoms with E-state index in [0.29, 0.717) is 18.1 Å². The first-order valence-corrected chi connectivity index (χ1v) is 7.70. The van der Waals surface area contributed by atoms with Gasteiger partial charge in [0.15, 0.2) is 0 Å². The molecule has 2 N–H and O–H groups in total. The molecule has 0 aliphatic rings. The third-order valence-corrected chi connectivity index (χ3v) is 3.49. The van der Waals surface area contributed by atoms with Crippen molar-refractivity contribution in [2.24, 2.45) is 0 Å². The molecule has 0 spiro atoms. The van der Waals surface area contributed by atoms with E-state index >= 15 is 0 Å². The number of carbonyl (C=O) groups excluding carboxylic acids is 1. The van der Waals surface area contributed by atoms with Gasteiger partial charge in [-0.2, -0.15) is 0 Å². The monoisotopic (exact) mass is 337 g/mol. The molecule has 0 saturated heterocycles. The molecular formula is C18H16FN5O. The van der Waals surface area contributed by atoms with E-state index in [9.17, 15) is 9.18 Å². The van der Waals surface area contributed by atoms with Crippen LogP contribution in [-0.4, -0.2) is 20.9 Å². The Labute approximate surface area is 144 Å². The summed E-state index contributed by atoms with van der Waals surface area (Å²) in [5, 5.41) is 5.70. The second-order valence-corrected chi connectivity index (χ2v) is 5.25. The third kappa shape index (κ3) is 4.57. The maximum absolute atomic E-state index is 13.6. The maximum atomic E-state index is 13.6. The second kappa shape index (κ2) is 7.96. The first-order valence-electron chi connectivity index (χ1n) is 7.70. The van der Waals surface area contributed by atoms with Gasteiger partial charge in [0.25, 0.3) is 5.91 Å². The molecule has 3 rings (SSSR count). The molecule has 0 unspecified atom stereocenters. The molecule has 6 nitrogen and oxygen atoms in total. The summed E-state index contributed by atoms with van der Waals surface area (Å²) in [4.78, 5) is 24.4. The molecule has 0 bridgehead atoms. The van der Waals surface area contributed by atoms with Crippen LogP contribution in [0.4, 0.5) is 10.3 Å². The van der Waals surface area contributed by atoms with Gasteiger partial charge in [0.1, 0.15) is 11.5 Å². The number of pyridine rings is 1. The number of amides is 1. The van der Waals surface area contributed by atoms with Gasteiger partial charge in [-0.25, -0.2) is 14.4 Å². The summed E-state index contributed by atoms with van der Waals surface area (Å²) in [7, 11) is 0. The summed E-state index contributed by atoms with van der Waals surface area (Å²) in [5.74, 6) is -0.404. The Hall–Kier alpha value is -3.35. The van der Waals surface area contributed by atoms with Crippen LogP contribution in [0.3, 0.4) is 0 Å². The molecule has 7 heteroatoms. The molecule has 0 aliphatic carbocycles. The lowest BCUT2D eigenvalue weighted by molar-refractivity contribution is 0.0945. The minimum atomic E-state index is -0.391. The van der Waals surface area contributed by atoms with Crippen LogP contribution in [0.1, 0.15) is 21.6 Å². The van der Waals surface area contributed by atoms with Gasteiger partial charge in [-0.1, -0.05) is 18.2 Å². The number of anilines is 1. The molecule has 0 atom stereocenters. The molecule has 2 aromatic heterocycles. The Bertz CT molecular complexity index is 857. The van der Waals surface area contributed by atoms with Crippen LogP contribution in [0.15, 0.2) is 61.1 Å². The number of nitrogens with one attached hydrogen (secondary N) is 2. The van der Waals surface area contributed by atoms with Crippen LogP contribution in [0.5, 0.6) is 0 Å². The summed E-state index contributed by atoms with van der Waals surface area (Å²) >= 11 is 0. The lowest BCUT2D eigenvalue weighted by atomic mass is 10.2. The molecule has 0 radical (unpaired) electrons. The van der Waals surface area contributed by atoms with Crippen molar-refractivity contribution in [2.45, 2.75) is 13.1 Å². The molecule has 3 aromatic rings. The van der Waals surface area contributed by atoms with Gasteiger partial charge < -0.3 is 10.6 Å². The van der Waals surface area contributed by atoms with E-state index in [4.69, 9.17) is 0 Å². The average molecular weight is 337 g/mol. The summed E-state index contributed by atoms with van der Waals surface area (Å²) in [6, 6.07) is 11.6. The van der Waals surface area contributed by atoms with Gasteiger partial charge in [0.2, 0.25) is 5.95 Å². The Morgan fingerprint density at radius 2 is 1.80 bits per heavy atom. The number of hydrogen-bond donors (Lipinski definition) is 2. The largest absolute Gasteiger partial charge is 0.350 e. The molecule has 0 fully saturated rings. The molecule has 2 heterocycles. The zero-order valence-electron chi connectivity index (χ0n) is 13.3. The number of benzene rings is 1. The Balaban J connectivity index is 1.60. The SMILES string of the molecule is O=C(NCc1ccccc1F)c1ccnc(NCc2ccncc2)n1. The van der Waals surface area contributed by atoms with Crippen molar-refractivity contribution < 1.29 is 9.18 Å². The van der Waals surface area contributed by atoms with Crippen molar-refractivity contribution in [3.05, 3.63) is 83.7 Å². The van der Waals surface area contributed by atoms with Crippen molar-refractivity contribution >= 4 is 11.9 Å². The van der Waals surface area contributed by atoms with Crippen LogP contribution >= 0.6 is 0 Å². The molecule has 25 heavy (non-hydrogen) atoms. The number of halogens is 1. The van der Waals surface area contributed by atoms with E-state index in [1.54, 1.807) is 30.6 Å². The van der Waals surface area contributed by atoms with Crippen molar-refractivity contribution in [3.8, 4) is 0 Å². The van der Waals surface area contributed by atoms with Gasteiger partial charge in [-0.3, -0.25) is 9.78 Å². The lowest BCUT2D eigenvalue weighted by Gasteiger charge is -2.08. The van der Waals surface area contributed by atoms with E-state index in [-0.39, 0.29) is 18.1 Å². The van der Waals surface area contributed by atoms with E-state index in [0.717, 1.165) is 5.56 Å². The highest BCUT2D eigenvalue weighted by Crippen LogP contribution is 2.07. The van der Waals surface area contributed by atoms with Gasteiger partial charge in [-0.15, -0.1) is 0 Å². The highest BCUT2D eigenvalue weighted by molar-refractivity contribution is 5.92. The highest BCUT2D eigenvalue weighted by atomic mass is 19.1. The van der Waals surface area contributed by atoms with Crippen LogP contribution in [0, 0.1) is 5.82 Å². The minimum absolute atomic E-state index is 0.0925. The van der Waals surface area contributed by atoms with Gasteiger partial charge in [0.05, 0.1) is 0 Å². The minimum Gasteiger partial charge on any atom is -0.350 e. The topological polar surface area (TPSA) is 79.8 Å². The summed E-state index contributed by atoms with van der Waals surface area (Å²) in [6.07, 6.45) is 4.90. The number of nitrogens with zero attached hydrogens (tertiary/aromatic N) is 3. The fourth-order valence-electron chi connectivity index (χ4n) is 2.16. The molecule has 0 saturated carbocycles. The van der Waals surface area contributed by atoms with Gasteiger partial charge >= 0.3 is 0 Å². The highest BCUT2D eigenvalue weighted by Gasteiger charge is 2.10. The van der Waals surface area contributed by atoms with Crippen molar-refractivity contribution in [2.75, 3.05) is 5.32 Å². The number of hydrogen-bond acceptors (Lipinski definition) is 5. The normalized spacial score (nSPS) is 10.3. The molecular weight excluding hydrogens is 321 g/mol. The van der Waals surface area contributed by atoms with Gasteiger partial charge in [-0.05, 0) is 29.8 Å². The molecule has 1 amide bonds. The summed E-state index contributed by atoms with van der Waals surface area (Å²) in [5.41, 5.74) is 1.65. The van der Waals surface area contributed by atoms with Crippen LogP contribution in [-0.2, 0) is 13.1 Å². The predicted molar refractivity (Wildman–Crippen MR) is 91.2 cm³/mol. The Kier molecular flexibility index (Phi) is 5.26. The summed E-state index contributed by atoms with van der Waals surface area (Å²) in [6.45, 7) is 0.609. The number of aromatic nitrogens is 3. The zero-order valence-corrected chi connectivity index (χ0v) is 13.3. The van der Waals surface area contributed by atoms with E-state index in [1.807, 2.05) is 12.1 Å². The van der Waals surface area contributed by atoms with Crippen molar-refractivity contribution in [1.82, 2.24) is 20.3 Å². The van der Waals surface area contributed by atoms with Crippen molar-refractivity contribution in [3.63, 3.8) is 0 Å². The third-order valence-electron chi connectivity index (χ3n) is 3.49. The standard InChI is InChI=1S/C18H16FN5O/c19-15-4-2-1-3-14(15)12-22-17(25)16-7-10-21-18(24-16)23-11-13-5-8-20-9-6-13/h1-10H,11-12H2,(H,22,25)(H,21,23,24). The summed E-state index contributed by atoms with van der Waals surface area (Å²) < 4.78 is 13.6. The average Bonchev–Trinajstić information content (AvgIpc) is 2.66. The van der Waals surface area contributed by atoms with Crippen LogP contribution < -0.4 is 10.6 Å². The fourth-order valence-corrected chi connectivity index (χ4v) is 2.16. The number of rotatable bonds is 6. The lowest BCUT2D eigenvalue weighted by Crippen LogP contribution is -2.24. The maximum Gasteiger partial charge on any atom is 0.270 e. The Morgan fingerprint density at radius 1 is 1.00 bits per heavy atom. The fraction of sp³-hybridized carbons (Fsp3) is 0.111. The van der Waals surface area contributed by atoms with E-state index in [1.165, 1.54) is 18.3 Å². The first kappa shape index (κ1) is 16.5. The molecule has 1 aromatic carbocycles. The van der Waals surface area contributed by atoms with E-state index < -0.39 is 5.91 Å². The number of carbonyl (C=O) groups is 1. The second-order valence-electron chi connectivity index (χ2n) is 5.25. The quantitative estimate of drug-likeness (QED) is 0.723.